The molecule has 4 aromatic rings. The highest BCUT2D eigenvalue weighted by Crippen LogP contribution is 2.24. The number of hydrogen-bond acceptors (Lipinski definition) is 4. The fraction of sp³-hybridized carbons (Fsp3) is 0.105. The van der Waals surface area contributed by atoms with Crippen molar-refractivity contribution in [2.75, 3.05) is 0 Å². The van der Waals surface area contributed by atoms with E-state index in [2.05, 4.69) is 53.5 Å². The maximum absolute atomic E-state index is 4.71. The fourth-order valence-corrected chi connectivity index (χ4v) is 3.50. The van der Waals surface area contributed by atoms with Crippen molar-refractivity contribution >= 4 is 17.4 Å². The smallest absolute Gasteiger partial charge is 0.187 e. The molecule has 4 rings (SSSR count). The lowest BCUT2D eigenvalue weighted by atomic mass is 10.1. The standard InChI is InChI=1S/C19H16N4S/c1-14-7-5-6-10-16(14)13-24-19-21-20-18-12-11-17(22-23(18)19)15-8-3-2-4-9-15/h2-12H,13H2,1H3. The second-order valence-corrected chi connectivity index (χ2v) is 6.49. The third-order valence-corrected chi connectivity index (χ3v) is 4.89. The minimum atomic E-state index is 0.766. The average Bonchev–Trinajstić information content (AvgIpc) is 3.04. The zero-order valence-corrected chi connectivity index (χ0v) is 14.1. The molecule has 2 aromatic carbocycles. The van der Waals surface area contributed by atoms with Crippen LogP contribution >= 0.6 is 11.8 Å². The van der Waals surface area contributed by atoms with Crippen molar-refractivity contribution in [2.24, 2.45) is 0 Å². The Morgan fingerprint density at radius 3 is 2.50 bits per heavy atom. The molecule has 0 amide bonds. The summed E-state index contributed by atoms with van der Waals surface area (Å²) < 4.78 is 1.82. The second-order valence-electron chi connectivity index (χ2n) is 5.55. The van der Waals surface area contributed by atoms with E-state index in [1.807, 2.05) is 34.8 Å². The van der Waals surface area contributed by atoms with Crippen LogP contribution in [0.4, 0.5) is 0 Å². The van der Waals surface area contributed by atoms with Gasteiger partial charge in [0.25, 0.3) is 0 Å². The SMILES string of the molecule is Cc1ccccc1CSc1nnc2ccc(-c3ccccc3)nn12. The summed E-state index contributed by atoms with van der Waals surface area (Å²) in [5.74, 6) is 0.852. The molecule has 0 atom stereocenters. The molecule has 4 nitrogen and oxygen atoms in total. The summed E-state index contributed by atoms with van der Waals surface area (Å²) in [6, 6.07) is 22.5. The van der Waals surface area contributed by atoms with Gasteiger partial charge in [-0.3, -0.25) is 0 Å². The maximum Gasteiger partial charge on any atom is 0.212 e. The summed E-state index contributed by atoms with van der Waals surface area (Å²) in [5, 5.41) is 14.0. The molecule has 0 aliphatic heterocycles. The highest BCUT2D eigenvalue weighted by molar-refractivity contribution is 7.98. The van der Waals surface area contributed by atoms with Gasteiger partial charge in [-0.1, -0.05) is 66.4 Å². The summed E-state index contributed by atoms with van der Waals surface area (Å²) in [4.78, 5) is 0. The lowest BCUT2D eigenvalue weighted by Gasteiger charge is -2.05. The first-order valence-corrected chi connectivity index (χ1v) is 8.75. The molecular weight excluding hydrogens is 316 g/mol. The molecule has 0 fully saturated rings. The Bertz CT molecular complexity index is 979. The Labute approximate surface area is 144 Å². The Hall–Kier alpha value is -2.66. The third-order valence-electron chi connectivity index (χ3n) is 3.92. The van der Waals surface area contributed by atoms with E-state index in [0.29, 0.717) is 0 Å². The van der Waals surface area contributed by atoms with Crippen molar-refractivity contribution < 1.29 is 0 Å². The lowest BCUT2D eigenvalue weighted by Crippen LogP contribution is -1.96. The van der Waals surface area contributed by atoms with Crippen LogP contribution < -0.4 is 0 Å². The first-order valence-electron chi connectivity index (χ1n) is 7.76. The van der Waals surface area contributed by atoms with Gasteiger partial charge in [0.1, 0.15) is 0 Å². The summed E-state index contributed by atoms with van der Waals surface area (Å²) in [7, 11) is 0. The number of aromatic nitrogens is 4. The largest absolute Gasteiger partial charge is 0.212 e. The molecule has 0 N–H and O–H groups in total. The van der Waals surface area contributed by atoms with E-state index in [0.717, 1.165) is 27.8 Å². The molecule has 0 saturated heterocycles. The number of aryl methyl sites for hydroxylation is 1. The molecule has 0 aliphatic carbocycles. The van der Waals surface area contributed by atoms with E-state index < -0.39 is 0 Å². The fourth-order valence-electron chi connectivity index (χ4n) is 2.54. The van der Waals surface area contributed by atoms with Gasteiger partial charge in [-0.25, -0.2) is 0 Å². The Morgan fingerprint density at radius 2 is 1.67 bits per heavy atom. The van der Waals surface area contributed by atoms with Crippen molar-refractivity contribution in [3.8, 4) is 11.3 Å². The predicted molar refractivity (Wildman–Crippen MR) is 97.0 cm³/mol. The van der Waals surface area contributed by atoms with Crippen molar-refractivity contribution in [1.82, 2.24) is 19.8 Å². The quantitative estimate of drug-likeness (QED) is 0.520. The summed E-state index contributed by atoms with van der Waals surface area (Å²) >= 11 is 1.65. The topological polar surface area (TPSA) is 43.1 Å². The van der Waals surface area contributed by atoms with Crippen LogP contribution in [-0.4, -0.2) is 19.8 Å². The van der Waals surface area contributed by atoms with Crippen LogP contribution in [-0.2, 0) is 5.75 Å². The molecule has 0 bridgehead atoms. The Morgan fingerprint density at radius 1 is 0.875 bits per heavy atom. The Kier molecular flexibility index (Phi) is 4.01. The van der Waals surface area contributed by atoms with E-state index in [-0.39, 0.29) is 0 Å². The molecule has 5 heteroatoms. The molecule has 0 unspecified atom stereocenters. The number of rotatable bonds is 4. The van der Waals surface area contributed by atoms with E-state index >= 15 is 0 Å². The van der Waals surface area contributed by atoms with Gasteiger partial charge in [-0.15, -0.1) is 10.2 Å². The molecule has 0 spiro atoms. The van der Waals surface area contributed by atoms with Gasteiger partial charge in [0.05, 0.1) is 5.69 Å². The van der Waals surface area contributed by atoms with Gasteiger partial charge in [-0.05, 0) is 30.2 Å². The molecule has 2 heterocycles. The van der Waals surface area contributed by atoms with Crippen molar-refractivity contribution in [3.63, 3.8) is 0 Å². The van der Waals surface area contributed by atoms with E-state index in [1.165, 1.54) is 11.1 Å². The minimum absolute atomic E-state index is 0.766. The molecule has 2 aromatic heterocycles. The molecule has 0 radical (unpaired) electrons. The second kappa shape index (κ2) is 6.45. The summed E-state index contributed by atoms with van der Waals surface area (Å²) in [5.41, 5.74) is 5.36. The number of nitrogens with zero attached hydrogens (tertiary/aromatic N) is 4. The van der Waals surface area contributed by atoms with Crippen LogP contribution in [0.2, 0.25) is 0 Å². The third kappa shape index (κ3) is 2.90. The highest BCUT2D eigenvalue weighted by atomic mass is 32.2. The molecular formula is C19H16N4S. The first-order chi connectivity index (χ1) is 11.8. The Balaban J connectivity index is 1.65. The summed E-state index contributed by atoms with van der Waals surface area (Å²) in [6.07, 6.45) is 0. The van der Waals surface area contributed by atoms with Gasteiger partial charge in [0.15, 0.2) is 5.65 Å². The summed E-state index contributed by atoms with van der Waals surface area (Å²) in [6.45, 7) is 2.13. The number of fused-ring (bicyclic) bond motifs is 1. The van der Waals surface area contributed by atoms with Crippen LogP contribution in [0.5, 0.6) is 0 Å². The van der Waals surface area contributed by atoms with Crippen molar-refractivity contribution in [3.05, 3.63) is 77.9 Å². The molecule has 118 valence electrons. The minimum Gasteiger partial charge on any atom is -0.187 e. The van der Waals surface area contributed by atoms with Crippen molar-refractivity contribution in [1.29, 1.82) is 0 Å². The van der Waals surface area contributed by atoms with E-state index in [1.54, 1.807) is 11.8 Å². The normalized spacial score (nSPS) is 11.0. The first kappa shape index (κ1) is 14.9. The van der Waals surface area contributed by atoms with Crippen molar-refractivity contribution in [2.45, 2.75) is 17.8 Å². The van der Waals surface area contributed by atoms with Crippen LogP contribution in [0.1, 0.15) is 11.1 Å². The van der Waals surface area contributed by atoms with Gasteiger partial charge < -0.3 is 0 Å². The van der Waals surface area contributed by atoms with Gasteiger partial charge in [0.2, 0.25) is 5.16 Å². The van der Waals surface area contributed by atoms with Gasteiger partial charge in [0, 0.05) is 11.3 Å². The monoisotopic (exact) mass is 332 g/mol. The van der Waals surface area contributed by atoms with E-state index in [9.17, 15) is 0 Å². The molecule has 0 saturated carbocycles. The van der Waals surface area contributed by atoms with Crippen LogP contribution in [0, 0.1) is 6.92 Å². The zero-order valence-electron chi connectivity index (χ0n) is 13.3. The number of hydrogen-bond donors (Lipinski definition) is 0. The highest BCUT2D eigenvalue weighted by Gasteiger charge is 2.10. The van der Waals surface area contributed by atoms with E-state index in [4.69, 9.17) is 5.10 Å². The van der Waals surface area contributed by atoms with Crippen LogP contribution in [0.25, 0.3) is 16.9 Å². The van der Waals surface area contributed by atoms with Gasteiger partial charge >= 0.3 is 0 Å². The van der Waals surface area contributed by atoms with Crippen LogP contribution in [0.3, 0.4) is 0 Å². The predicted octanol–water partition coefficient (Wildman–Crippen LogP) is 4.39. The van der Waals surface area contributed by atoms with Crippen LogP contribution in [0.15, 0.2) is 71.9 Å². The number of benzene rings is 2. The lowest BCUT2D eigenvalue weighted by molar-refractivity contribution is 0.812. The number of thioether (sulfide) groups is 1. The molecule has 0 aliphatic rings. The molecule has 24 heavy (non-hydrogen) atoms. The maximum atomic E-state index is 4.71. The zero-order chi connectivity index (χ0) is 16.4. The average molecular weight is 332 g/mol. The van der Waals surface area contributed by atoms with Gasteiger partial charge in [-0.2, -0.15) is 9.61 Å².